The Balaban J connectivity index is 1.76. The van der Waals surface area contributed by atoms with E-state index in [-0.39, 0.29) is 17.5 Å². The number of nitrogens with zero attached hydrogens (tertiary/aromatic N) is 1. The van der Waals surface area contributed by atoms with E-state index in [0.717, 1.165) is 5.56 Å². The van der Waals surface area contributed by atoms with Crippen molar-refractivity contribution < 1.29 is 19.5 Å². The number of fused-ring (bicyclic) bond motifs is 1. The number of amides is 2. The Morgan fingerprint density at radius 3 is 2.62 bits per heavy atom. The predicted octanol–water partition coefficient (Wildman–Crippen LogP) is 1.59. The van der Waals surface area contributed by atoms with Gasteiger partial charge in [0.1, 0.15) is 17.1 Å². The molecule has 0 aromatic heterocycles. The maximum atomic E-state index is 12.4. The van der Waals surface area contributed by atoms with E-state index in [0.29, 0.717) is 16.9 Å². The highest BCUT2D eigenvalue weighted by molar-refractivity contribution is 8.00. The number of hydrogen-bond acceptors (Lipinski definition) is 4. The molecule has 0 radical (unpaired) electrons. The molecule has 24 heavy (non-hydrogen) atoms. The van der Waals surface area contributed by atoms with Crippen molar-refractivity contribution in [3.8, 4) is 0 Å². The van der Waals surface area contributed by atoms with Crippen molar-refractivity contribution in [2.45, 2.75) is 18.3 Å². The van der Waals surface area contributed by atoms with Crippen LogP contribution in [0.3, 0.4) is 0 Å². The van der Waals surface area contributed by atoms with E-state index in [1.165, 1.54) is 16.7 Å². The number of alkyl halides is 1. The van der Waals surface area contributed by atoms with Crippen LogP contribution in [0, 0.1) is 6.92 Å². The zero-order chi connectivity index (χ0) is 17.4. The van der Waals surface area contributed by atoms with E-state index in [9.17, 15) is 19.5 Å². The summed E-state index contributed by atoms with van der Waals surface area (Å²) in [6, 6.07) is 6.28. The molecule has 0 bridgehead atoms. The van der Waals surface area contributed by atoms with Crippen LogP contribution in [-0.4, -0.2) is 50.8 Å². The molecule has 3 rings (SSSR count). The smallest absolute Gasteiger partial charge is 0.352 e. The lowest BCUT2D eigenvalue weighted by molar-refractivity contribution is -0.148. The Morgan fingerprint density at radius 2 is 2.04 bits per heavy atom. The predicted molar refractivity (Wildman–Crippen MR) is 90.9 cm³/mol. The molecule has 1 aromatic carbocycles. The Kier molecular flexibility index (Phi) is 4.56. The number of benzene rings is 1. The number of halogens is 1. The van der Waals surface area contributed by atoms with E-state index >= 15 is 0 Å². The van der Waals surface area contributed by atoms with Gasteiger partial charge in [-0.25, -0.2) is 4.79 Å². The first kappa shape index (κ1) is 16.9. The van der Waals surface area contributed by atoms with Crippen LogP contribution in [0.25, 0.3) is 0 Å². The van der Waals surface area contributed by atoms with Crippen LogP contribution in [0.5, 0.6) is 0 Å². The molecule has 6 nitrogen and oxygen atoms in total. The van der Waals surface area contributed by atoms with Gasteiger partial charge in [0.15, 0.2) is 0 Å². The van der Waals surface area contributed by atoms with Gasteiger partial charge in [-0.15, -0.1) is 23.4 Å². The van der Waals surface area contributed by atoms with Crippen molar-refractivity contribution in [3.63, 3.8) is 0 Å². The van der Waals surface area contributed by atoms with Gasteiger partial charge < -0.3 is 10.4 Å². The number of β-lactam (4-membered cyclic amide) rings is 1. The van der Waals surface area contributed by atoms with Gasteiger partial charge in [0.25, 0.3) is 11.8 Å². The molecule has 2 aliphatic rings. The van der Waals surface area contributed by atoms with Gasteiger partial charge in [-0.2, -0.15) is 0 Å². The fourth-order valence-corrected chi connectivity index (χ4v) is 4.39. The Bertz CT molecular complexity index is 747. The number of carboxylic acids is 1. The minimum Gasteiger partial charge on any atom is -0.477 e. The van der Waals surface area contributed by atoms with Gasteiger partial charge in [-0.1, -0.05) is 17.7 Å². The first-order valence-corrected chi connectivity index (χ1v) is 8.86. The molecule has 2 N–H and O–H groups in total. The first-order valence-electron chi connectivity index (χ1n) is 7.27. The maximum absolute atomic E-state index is 12.4. The molecule has 0 saturated carbocycles. The molecule has 0 unspecified atom stereocenters. The third-order valence-electron chi connectivity index (χ3n) is 4.01. The van der Waals surface area contributed by atoms with Crippen molar-refractivity contribution in [2.75, 3.05) is 11.6 Å². The van der Waals surface area contributed by atoms with E-state index in [1.54, 1.807) is 12.1 Å². The first-order chi connectivity index (χ1) is 11.4. The maximum Gasteiger partial charge on any atom is 0.352 e. The molecular formula is C16H15ClN2O4S. The standard InChI is InChI=1S/C16H15ClN2O4S/c1-8-2-4-9(5-3-8)13(20)18-11-14(21)19-12(16(22)23)10(6-17)7-24-15(11)19/h2-5,11,15H,6-7H2,1H3,(H,18,20)(H,22,23)/t11-,15-/m1/s1. The van der Waals surface area contributed by atoms with Crippen LogP contribution >= 0.6 is 23.4 Å². The average molecular weight is 367 g/mol. The number of hydrogen-bond donors (Lipinski definition) is 2. The summed E-state index contributed by atoms with van der Waals surface area (Å²) in [5.74, 6) is -1.46. The molecule has 8 heteroatoms. The molecule has 126 valence electrons. The van der Waals surface area contributed by atoms with E-state index in [2.05, 4.69) is 5.32 Å². The second-order valence-electron chi connectivity index (χ2n) is 5.62. The van der Waals surface area contributed by atoms with E-state index in [1.807, 2.05) is 19.1 Å². The summed E-state index contributed by atoms with van der Waals surface area (Å²) in [7, 11) is 0. The molecule has 0 aliphatic carbocycles. The lowest BCUT2D eigenvalue weighted by Gasteiger charge is -2.49. The molecule has 2 amide bonds. The van der Waals surface area contributed by atoms with Crippen molar-refractivity contribution in [3.05, 3.63) is 46.7 Å². The Labute approximate surface area is 147 Å². The Hall–Kier alpha value is -1.99. The monoisotopic (exact) mass is 366 g/mol. The largest absolute Gasteiger partial charge is 0.477 e. The van der Waals surface area contributed by atoms with Gasteiger partial charge in [0.2, 0.25) is 0 Å². The second kappa shape index (κ2) is 6.49. The summed E-state index contributed by atoms with van der Waals surface area (Å²) in [4.78, 5) is 37.3. The lowest BCUT2D eigenvalue weighted by atomic mass is 10.0. The number of nitrogens with one attached hydrogen (secondary N) is 1. The van der Waals surface area contributed by atoms with Crippen LogP contribution in [0.1, 0.15) is 15.9 Å². The molecule has 1 fully saturated rings. The highest BCUT2D eigenvalue weighted by Crippen LogP contribution is 2.40. The zero-order valence-electron chi connectivity index (χ0n) is 12.8. The van der Waals surface area contributed by atoms with Crippen molar-refractivity contribution in [1.29, 1.82) is 0 Å². The van der Waals surface area contributed by atoms with Crippen LogP contribution in [0.15, 0.2) is 35.5 Å². The fraction of sp³-hybridized carbons (Fsp3) is 0.312. The molecule has 1 aromatic rings. The molecule has 2 atom stereocenters. The second-order valence-corrected chi connectivity index (χ2v) is 6.99. The minimum atomic E-state index is -1.17. The highest BCUT2D eigenvalue weighted by atomic mass is 35.5. The molecule has 0 spiro atoms. The molecular weight excluding hydrogens is 352 g/mol. The topological polar surface area (TPSA) is 86.7 Å². The van der Waals surface area contributed by atoms with Crippen molar-refractivity contribution in [1.82, 2.24) is 10.2 Å². The molecule has 1 saturated heterocycles. The highest BCUT2D eigenvalue weighted by Gasteiger charge is 2.54. The number of carbonyl (C=O) groups is 3. The number of aryl methyl sites for hydroxylation is 1. The van der Waals surface area contributed by atoms with E-state index < -0.39 is 23.3 Å². The van der Waals surface area contributed by atoms with E-state index in [4.69, 9.17) is 11.6 Å². The van der Waals surface area contributed by atoms with Gasteiger partial charge in [-0.3, -0.25) is 14.5 Å². The summed E-state index contributed by atoms with van der Waals surface area (Å²) in [6.45, 7) is 1.92. The number of rotatable bonds is 4. The number of thioether (sulfide) groups is 1. The summed E-state index contributed by atoms with van der Waals surface area (Å²) in [5.41, 5.74) is 1.95. The summed E-state index contributed by atoms with van der Waals surface area (Å²) in [5, 5.41) is 11.6. The van der Waals surface area contributed by atoms with Gasteiger partial charge in [0, 0.05) is 17.2 Å². The SMILES string of the molecule is Cc1ccc(C(=O)N[C@@H]2C(=O)N3C(C(=O)O)=C(CCl)CS[C@H]23)cc1. The zero-order valence-corrected chi connectivity index (χ0v) is 14.4. The number of carbonyl (C=O) groups excluding carboxylic acids is 2. The fourth-order valence-electron chi connectivity index (χ4n) is 2.72. The summed E-state index contributed by atoms with van der Waals surface area (Å²) in [6.07, 6.45) is 0. The van der Waals surface area contributed by atoms with Gasteiger partial charge in [-0.05, 0) is 24.6 Å². The van der Waals surface area contributed by atoms with Gasteiger partial charge >= 0.3 is 5.97 Å². The Morgan fingerprint density at radius 1 is 1.38 bits per heavy atom. The molecule has 2 heterocycles. The van der Waals surface area contributed by atoms with Crippen LogP contribution in [0.4, 0.5) is 0 Å². The van der Waals surface area contributed by atoms with Crippen molar-refractivity contribution in [2.24, 2.45) is 0 Å². The lowest BCUT2D eigenvalue weighted by Crippen LogP contribution is -2.70. The van der Waals surface area contributed by atoms with Crippen LogP contribution in [-0.2, 0) is 9.59 Å². The van der Waals surface area contributed by atoms with Crippen LogP contribution in [0.2, 0.25) is 0 Å². The normalized spacial score (nSPS) is 22.8. The number of aliphatic carboxylic acids is 1. The van der Waals surface area contributed by atoms with Gasteiger partial charge in [0.05, 0.1) is 0 Å². The summed E-state index contributed by atoms with van der Waals surface area (Å²) < 4.78 is 0. The third kappa shape index (κ3) is 2.78. The number of carboxylic acid groups (broad SMARTS) is 1. The van der Waals surface area contributed by atoms with Crippen LogP contribution < -0.4 is 5.32 Å². The molecule has 2 aliphatic heterocycles. The minimum absolute atomic E-state index is 0.0559. The quantitative estimate of drug-likeness (QED) is 0.624. The third-order valence-corrected chi connectivity index (χ3v) is 5.67. The average Bonchev–Trinajstić information content (AvgIpc) is 2.58. The van der Waals surface area contributed by atoms with Crippen molar-refractivity contribution >= 4 is 41.1 Å². The summed E-state index contributed by atoms with van der Waals surface area (Å²) >= 11 is 7.18.